The minimum atomic E-state index is -0.207. The molecule has 1 heteroatoms. The Morgan fingerprint density at radius 3 is 1.53 bits per heavy atom. The Bertz CT molecular complexity index is 3070. The molecule has 0 unspecified atom stereocenters. The van der Waals surface area contributed by atoms with Gasteiger partial charge in [0, 0.05) is 16.4 Å². The third-order valence-corrected chi connectivity index (χ3v) is 12.0. The third kappa shape index (κ3) is 5.04. The molecule has 11 rings (SSSR count). The molecule has 1 heterocycles. The van der Waals surface area contributed by atoms with E-state index in [0.29, 0.717) is 0 Å². The molecule has 0 amide bonds. The molecule has 0 atom stereocenters. The van der Waals surface area contributed by atoms with Crippen molar-refractivity contribution in [3.8, 4) is 55.8 Å². The van der Waals surface area contributed by atoms with Gasteiger partial charge in [0.15, 0.2) is 0 Å². The van der Waals surface area contributed by atoms with Crippen molar-refractivity contribution in [3.05, 3.63) is 199 Å². The highest BCUT2D eigenvalue weighted by atomic mass is 14.7. The molecule has 10 aromatic rings. The number of hydrogen-bond acceptors (Lipinski definition) is 1. The maximum atomic E-state index is 5.41. The molecule has 0 fully saturated rings. The second-order valence-electron chi connectivity index (χ2n) is 15.6. The number of rotatable bonds is 4. The SMILES string of the molecule is CC1(C)c2ccccc2-c2nc3ccc4ccccc4c3c(-c3ccc(-c4cc(-c5ccc6ccccc6c5)cc(-c5ccc6ccccc6c5)c4)cc3)c21. The van der Waals surface area contributed by atoms with E-state index in [9.17, 15) is 0 Å². The summed E-state index contributed by atoms with van der Waals surface area (Å²) in [6.45, 7) is 4.72. The van der Waals surface area contributed by atoms with Crippen molar-refractivity contribution >= 4 is 43.2 Å². The van der Waals surface area contributed by atoms with Crippen LogP contribution in [0.15, 0.2) is 188 Å². The maximum Gasteiger partial charge on any atom is 0.0759 e. The largest absolute Gasteiger partial charge is 0.247 e. The monoisotopic (exact) mass is 699 g/mol. The zero-order chi connectivity index (χ0) is 36.7. The van der Waals surface area contributed by atoms with E-state index < -0.39 is 0 Å². The second-order valence-corrected chi connectivity index (χ2v) is 15.6. The van der Waals surface area contributed by atoms with Crippen LogP contribution in [-0.2, 0) is 5.41 Å². The van der Waals surface area contributed by atoms with E-state index in [2.05, 4.69) is 202 Å². The number of pyridine rings is 1. The number of nitrogens with zero attached hydrogens (tertiary/aromatic N) is 1. The average molecular weight is 700 g/mol. The molecule has 0 saturated carbocycles. The molecule has 0 N–H and O–H groups in total. The van der Waals surface area contributed by atoms with Gasteiger partial charge >= 0.3 is 0 Å². The fourth-order valence-electron chi connectivity index (χ4n) is 9.19. The molecular formula is C54H37N. The molecule has 0 aliphatic heterocycles. The molecule has 9 aromatic carbocycles. The fourth-order valence-corrected chi connectivity index (χ4v) is 9.19. The van der Waals surface area contributed by atoms with Crippen LogP contribution in [0.1, 0.15) is 25.0 Å². The van der Waals surface area contributed by atoms with E-state index in [1.807, 2.05) is 0 Å². The van der Waals surface area contributed by atoms with Gasteiger partial charge < -0.3 is 0 Å². The van der Waals surface area contributed by atoms with Crippen molar-refractivity contribution in [3.63, 3.8) is 0 Å². The predicted molar refractivity (Wildman–Crippen MR) is 234 cm³/mol. The van der Waals surface area contributed by atoms with E-state index in [4.69, 9.17) is 4.98 Å². The lowest BCUT2D eigenvalue weighted by Gasteiger charge is -2.25. The van der Waals surface area contributed by atoms with Crippen LogP contribution in [0.2, 0.25) is 0 Å². The lowest BCUT2D eigenvalue weighted by molar-refractivity contribution is 0.662. The Kier molecular flexibility index (Phi) is 6.97. The van der Waals surface area contributed by atoms with Gasteiger partial charge in [-0.2, -0.15) is 0 Å². The summed E-state index contributed by atoms with van der Waals surface area (Å²) in [6, 6.07) is 69.2. The molecule has 1 aromatic heterocycles. The highest BCUT2D eigenvalue weighted by Gasteiger charge is 2.39. The van der Waals surface area contributed by atoms with Crippen molar-refractivity contribution in [2.45, 2.75) is 19.3 Å². The Morgan fingerprint density at radius 2 is 0.873 bits per heavy atom. The van der Waals surface area contributed by atoms with Crippen LogP contribution >= 0.6 is 0 Å². The number of aromatic nitrogens is 1. The lowest BCUT2D eigenvalue weighted by atomic mass is 9.78. The molecule has 1 aliphatic carbocycles. The number of fused-ring (bicyclic) bond motifs is 8. The van der Waals surface area contributed by atoms with Crippen molar-refractivity contribution < 1.29 is 0 Å². The van der Waals surface area contributed by atoms with Crippen molar-refractivity contribution in [2.24, 2.45) is 0 Å². The standard InChI is InChI=1S/C54H37N/c1-54(2)48-18-10-9-17-47(48)53-52(54)50(51-46-16-8-7-13-37(46)27-28-49(51)55-53)38-23-19-36(20-24-38)43-31-44(41-25-21-34-11-3-5-14-39(34)29-41)33-45(32-43)42-26-22-35-12-4-6-15-40(35)30-42/h3-33H,1-2H3. The van der Waals surface area contributed by atoms with Crippen molar-refractivity contribution in [1.29, 1.82) is 0 Å². The van der Waals surface area contributed by atoms with Gasteiger partial charge in [0.2, 0.25) is 0 Å². The molecule has 0 spiro atoms. The number of hydrogen-bond donors (Lipinski definition) is 0. The summed E-state index contributed by atoms with van der Waals surface area (Å²) in [4.78, 5) is 5.41. The molecule has 1 aliphatic rings. The first-order chi connectivity index (χ1) is 27.0. The van der Waals surface area contributed by atoms with E-state index in [-0.39, 0.29) is 5.41 Å². The molecule has 258 valence electrons. The Labute approximate surface area is 321 Å². The second kappa shape index (κ2) is 12.1. The molecule has 0 bridgehead atoms. The Balaban J connectivity index is 1.11. The van der Waals surface area contributed by atoms with Gasteiger partial charge in [0.25, 0.3) is 0 Å². The van der Waals surface area contributed by atoms with Crippen molar-refractivity contribution in [2.75, 3.05) is 0 Å². The highest BCUT2D eigenvalue weighted by Crippen LogP contribution is 2.54. The van der Waals surface area contributed by atoms with Crippen LogP contribution in [0.25, 0.3) is 99.0 Å². The maximum absolute atomic E-state index is 5.41. The van der Waals surface area contributed by atoms with Gasteiger partial charge in [0.1, 0.15) is 0 Å². The fraction of sp³-hybridized carbons (Fsp3) is 0.0556. The molecule has 0 saturated heterocycles. The average Bonchev–Trinajstić information content (AvgIpc) is 3.47. The van der Waals surface area contributed by atoms with Crippen molar-refractivity contribution in [1.82, 2.24) is 4.98 Å². The normalized spacial score (nSPS) is 13.1. The molecule has 0 radical (unpaired) electrons. The first-order valence-electron chi connectivity index (χ1n) is 19.2. The summed E-state index contributed by atoms with van der Waals surface area (Å²) < 4.78 is 0. The van der Waals surface area contributed by atoms with Crippen LogP contribution < -0.4 is 0 Å². The highest BCUT2D eigenvalue weighted by molar-refractivity contribution is 6.16. The van der Waals surface area contributed by atoms with E-state index in [0.717, 1.165) is 11.2 Å². The smallest absolute Gasteiger partial charge is 0.0759 e. The summed E-state index contributed by atoms with van der Waals surface area (Å²) in [5.41, 5.74) is 15.5. The van der Waals surface area contributed by atoms with Gasteiger partial charge in [-0.15, -0.1) is 0 Å². The summed E-state index contributed by atoms with van der Waals surface area (Å²) >= 11 is 0. The van der Waals surface area contributed by atoms with Crippen LogP contribution in [0.3, 0.4) is 0 Å². The van der Waals surface area contributed by atoms with Crippen LogP contribution in [0.5, 0.6) is 0 Å². The minimum Gasteiger partial charge on any atom is -0.247 e. The topological polar surface area (TPSA) is 12.9 Å². The first kappa shape index (κ1) is 31.7. The lowest BCUT2D eigenvalue weighted by Crippen LogP contribution is -2.16. The van der Waals surface area contributed by atoms with Gasteiger partial charge in [-0.3, -0.25) is 0 Å². The van der Waals surface area contributed by atoms with Gasteiger partial charge in [0.05, 0.1) is 11.2 Å². The predicted octanol–water partition coefficient (Wildman–Crippen LogP) is 14.7. The van der Waals surface area contributed by atoms with Crippen LogP contribution in [0.4, 0.5) is 0 Å². The van der Waals surface area contributed by atoms with E-state index >= 15 is 0 Å². The van der Waals surface area contributed by atoms with Gasteiger partial charge in [-0.25, -0.2) is 4.98 Å². The van der Waals surface area contributed by atoms with Crippen LogP contribution in [0, 0.1) is 0 Å². The summed E-state index contributed by atoms with van der Waals surface area (Å²) in [7, 11) is 0. The Hall–Kier alpha value is -6.83. The summed E-state index contributed by atoms with van der Waals surface area (Å²) in [5.74, 6) is 0. The zero-order valence-electron chi connectivity index (χ0n) is 30.8. The quantitative estimate of drug-likeness (QED) is 0.167. The zero-order valence-corrected chi connectivity index (χ0v) is 30.8. The Morgan fingerprint density at radius 1 is 0.382 bits per heavy atom. The summed E-state index contributed by atoms with van der Waals surface area (Å²) in [5, 5.41) is 8.69. The molecular weight excluding hydrogens is 663 g/mol. The van der Waals surface area contributed by atoms with Gasteiger partial charge in [-0.05, 0) is 124 Å². The van der Waals surface area contributed by atoms with E-state index in [1.54, 1.807) is 0 Å². The molecule has 55 heavy (non-hydrogen) atoms. The molecule has 1 nitrogen and oxygen atoms in total. The third-order valence-electron chi connectivity index (χ3n) is 12.0. The minimum absolute atomic E-state index is 0.207. The van der Waals surface area contributed by atoms with E-state index in [1.165, 1.54) is 98.9 Å². The first-order valence-corrected chi connectivity index (χ1v) is 19.2. The summed E-state index contributed by atoms with van der Waals surface area (Å²) in [6.07, 6.45) is 0. The van der Waals surface area contributed by atoms with Crippen LogP contribution in [-0.4, -0.2) is 4.98 Å². The van der Waals surface area contributed by atoms with Gasteiger partial charge in [-0.1, -0.05) is 166 Å². The number of benzene rings is 9.